The monoisotopic (exact) mass is 272 g/mol. The first-order valence-corrected chi connectivity index (χ1v) is 6.61. The van der Waals surface area contributed by atoms with Crippen LogP contribution in [0.4, 0.5) is 5.69 Å². The lowest BCUT2D eigenvalue weighted by Crippen LogP contribution is -2.30. The molecular formula is C14H16N4O2. The van der Waals surface area contributed by atoms with Gasteiger partial charge >= 0.3 is 0 Å². The number of nitrogens with two attached hydrogens (primary N) is 1. The quantitative estimate of drug-likeness (QED) is 0.913. The molecule has 1 aromatic carbocycles. The summed E-state index contributed by atoms with van der Waals surface area (Å²) in [6.45, 7) is 3.22. The first-order chi connectivity index (χ1) is 9.65. The first kappa shape index (κ1) is 12.7. The number of benzene rings is 1. The van der Waals surface area contributed by atoms with E-state index >= 15 is 0 Å². The van der Waals surface area contributed by atoms with E-state index in [1.54, 1.807) is 13.0 Å². The van der Waals surface area contributed by atoms with Crippen LogP contribution in [0.5, 0.6) is 0 Å². The number of fused-ring (bicyclic) bond motifs is 1. The minimum Gasteiger partial charge on any atom is -0.424 e. The summed E-state index contributed by atoms with van der Waals surface area (Å²) in [5.41, 5.74) is 8.09. The molecule has 0 aliphatic carbocycles. The van der Waals surface area contributed by atoms with Crippen LogP contribution in [-0.2, 0) is 13.0 Å². The third kappa shape index (κ3) is 2.24. The van der Waals surface area contributed by atoms with Gasteiger partial charge in [-0.2, -0.15) is 0 Å². The van der Waals surface area contributed by atoms with Gasteiger partial charge in [0.25, 0.3) is 0 Å². The highest BCUT2D eigenvalue weighted by Crippen LogP contribution is 2.30. The van der Waals surface area contributed by atoms with Crippen LogP contribution in [-0.4, -0.2) is 22.6 Å². The molecule has 2 heterocycles. The van der Waals surface area contributed by atoms with E-state index in [-0.39, 0.29) is 5.91 Å². The maximum Gasteiger partial charge on any atom is 0.249 e. The van der Waals surface area contributed by atoms with Crippen LogP contribution in [0.2, 0.25) is 0 Å². The van der Waals surface area contributed by atoms with E-state index in [1.807, 2.05) is 12.1 Å². The molecule has 3 rings (SSSR count). The molecular weight excluding hydrogens is 256 g/mol. The number of anilines is 1. The Morgan fingerprint density at radius 1 is 1.45 bits per heavy atom. The van der Waals surface area contributed by atoms with Gasteiger partial charge in [-0.3, -0.25) is 4.79 Å². The van der Waals surface area contributed by atoms with Crippen LogP contribution in [0.3, 0.4) is 0 Å². The van der Waals surface area contributed by atoms with Crippen molar-refractivity contribution in [1.29, 1.82) is 0 Å². The van der Waals surface area contributed by atoms with Gasteiger partial charge in [-0.15, -0.1) is 10.2 Å². The fourth-order valence-corrected chi connectivity index (χ4v) is 2.66. The Balaban J connectivity index is 1.94. The van der Waals surface area contributed by atoms with Crippen molar-refractivity contribution in [1.82, 2.24) is 10.2 Å². The number of carbonyl (C=O) groups excluding carboxylic acids is 1. The molecule has 0 spiro atoms. The smallest absolute Gasteiger partial charge is 0.249 e. The molecule has 2 N–H and O–H groups in total. The van der Waals surface area contributed by atoms with Crippen LogP contribution < -0.4 is 10.6 Å². The molecule has 0 saturated heterocycles. The number of rotatable bonds is 3. The van der Waals surface area contributed by atoms with E-state index in [2.05, 4.69) is 15.1 Å². The van der Waals surface area contributed by atoms with E-state index in [4.69, 9.17) is 10.2 Å². The second-order valence-corrected chi connectivity index (χ2v) is 4.91. The van der Waals surface area contributed by atoms with E-state index in [1.165, 1.54) is 0 Å². The Morgan fingerprint density at radius 2 is 2.30 bits per heavy atom. The molecule has 1 amide bonds. The number of carbonyl (C=O) groups is 1. The summed E-state index contributed by atoms with van der Waals surface area (Å²) < 4.78 is 5.42. The zero-order valence-electron chi connectivity index (χ0n) is 11.3. The number of hydrogen-bond donors (Lipinski definition) is 1. The van der Waals surface area contributed by atoms with Crippen molar-refractivity contribution in [3.05, 3.63) is 41.1 Å². The van der Waals surface area contributed by atoms with Gasteiger partial charge in [-0.05, 0) is 30.5 Å². The summed E-state index contributed by atoms with van der Waals surface area (Å²) in [7, 11) is 0. The zero-order valence-corrected chi connectivity index (χ0v) is 11.3. The number of aryl methyl sites for hydroxylation is 1. The van der Waals surface area contributed by atoms with Gasteiger partial charge in [0.05, 0.1) is 6.54 Å². The molecule has 0 unspecified atom stereocenters. The maximum absolute atomic E-state index is 11.5. The number of nitrogens with zero attached hydrogens (tertiary/aromatic N) is 3. The van der Waals surface area contributed by atoms with Crippen LogP contribution in [0, 0.1) is 6.92 Å². The van der Waals surface area contributed by atoms with Gasteiger partial charge in [0.2, 0.25) is 17.7 Å². The molecule has 0 fully saturated rings. The predicted molar refractivity (Wildman–Crippen MR) is 73.4 cm³/mol. The fourth-order valence-electron chi connectivity index (χ4n) is 2.66. The van der Waals surface area contributed by atoms with E-state index in [0.717, 1.165) is 30.6 Å². The second kappa shape index (κ2) is 4.96. The van der Waals surface area contributed by atoms with Gasteiger partial charge in [0.1, 0.15) is 0 Å². The Hall–Kier alpha value is -2.37. The Labute approximate surface area is 116 Å². The van der Waals surface area contributed by atoms with E-state index < -0.39 is 0 Å². The van der Waals surface area contributed by atoms with Gasteiger partial charge in [0.15, 0.2) is 0 Å². The van der Waals surface area contributed by atoms with Crippen LogP contribution in [0.15, 0.2) is 22.6 Å². The normalized spacial score (nSPS) is 14.2. The summed E-state index contributed by atoms with van der Waals surface area (Å²) in [6.07, 6.45) is 1.85. The topological polar surface area (TPSA) is 85.3 Å². The largest absolute Gasteiger partial charge is 0.424 e. The van der Waals surface area contributed by atoms with Crippen LogP contribution in [0.25, 0.3) is 0 Å². The standard InChI is InChI=1S/C14H16N4O2/c1-9-16-17-13(20-9)8-18-7-3-5-10-11(14(15)19)4-2-6-12(10)18/h2,4,6H,3,5,7-8H2,1H3,(H2,15,19). The van der Waals surface area contributed by atoms with Crippen molar-refractivity contribution in [3.63, 3.8) is 0 Å². The molecule has 1 aromatic heterocycles. The average Bonchev–Trinajstić information content (AvgIpc) is 2.84. The van der Waals surface area contributed by atoms with Crippen molar-refractivity contribution in [2.24, 2.45) is 5.73 Å². The van der Waals surface area contributed by atoms with Crippen LogP contribution >= 0.6 is 0 Å². The van der Waals surface area contributed by atoms with Crippen molar-refractivity contribution >= 4 is 11.6 Å². The second-order valence-electron chi connectivity index (χ2n) is 4.91. The SMILES string of the molecule is Cc1nnc(CN2CCCc3c(C(N)=O)cccc32)o1. The number of primary amides is 1. The van der Waals surface area contributed by atoms with Gasteiger partial charge in [-0.1, -0.05) is 6.07 Å². The molecule has 0 radical (unpaired) electrons. The summed E-state index contributed by atoms with van der Waals surface area (Å²) in [4.78, 5) is 13.7. The number of amides is 1. The van der Waals surface area contributed by atoms with Gasteiger partial charge in [-0.25, -0.2) is 0 Å². The van der Waals surface area contributed by atoms with Gasteiger partial charge in [0, 0.05) is 24.7 Å². The van der Waals surface area contributed by atoms with E-state index in [0.29, 0.717) is 23.9 Å². The molecule has 0 saturated carbocycles. The summed E-state index contributed by atoms with van der Waals surface area (Å²) in [5.74, 6) is 0.764. The Bertz CT molecular complexity index is 650. The molecule has 2 aromatic rings. The molecule has 104 valence electrons. The van der Waals surface area contributed by atoms with Crippen molar-refractivity contribution in [3.8, 4) is 0 Å². The minimum atomic E-state index is -0.377. The molecule has 0 atom stereocenters. The summed E-state index contributed by atoms with van der Waals surface area (Å²) >= 11 is 0. The van der Waals surface area contributed by atoms with Gasteiger partial charge < -0.3 is 15.1 Å². The maximum atomic E-state index is 11.5. The first-order valence-electron chi connectivity index (χ1n) is 6.61. The molecule has 6 nitrogen and oxygen atoms in total. The Kier molecular flexibility index (Phi) is 3.14. The third-order valence-electron chi connectivity index (χ3n) is 3.51. The number of aromatic nitrogens is 2. The molecule has 20 heavy (non-hydrogen) atoms. The Morgan fingerprint density at radius 3 is 3.00 bits per heavy atom. The van der Waals surface area contributed by atoms with Crippen molar-refractivity contribution in [2.75, 3.05) is 11.4 Å². The number of hydrogen-bond acceptors (Lipinski definition) is 5. The highest BCUT2D eigenvalue weighted by Gasteiger charge is 2.22. The lowest BCUT2D eigenvalue weighted by molar-refractivity contribution is 0.0999. The van der Waals surface area contributed by atoms with E-state index in [9.17, 15) is 4.79 Å². The predicted octanol–water partition coefficient (Wildman–Crippen LogP) is 1.43. The molecule has 6 heteroatoms. The zero-order chi connectivity index (χ0) is 14.1. The lowest BCUT2D eigenvalue weighted by Gasteiger charge is -2.31. The third-order valence-corrected chi connectivity index (χ3v) is 3.51. The molecule has 1 aliphatic heterocycles. The lowest BCUT2D eigenvalue weighted by atomic mass is 9.96. The average molecular weight is 272 g/mol. The fraction of sp³-hybridized carbons (Fsp3) is 0.357. The molecule has 0 bridgehead atoms. The summed E-state index contributed by atoms with van der Waals surface area (Å²) in [6, 6.07) is 5.64. The molecule has 1 aliphatic rings. The van der Waals surface area contributed by atoms with Crippen LogP contribution in [0.1, 0.15) is 34.1 Å². The highest BCUT2D eigenvalue weighted by molar-refractivity contribution is 5.96. The highest BCUT2D eigenvalue weighted by atomic mass is 16.4. The van der Waals surface area contributed by atoms with Crippen molar-refractivity contribution in [2.45, 2.75) is 26.3 Å². The minimum absolute atomic E-state index is 0.377. The van der Waals surface area contributed by atoms with Crippen molar-refractivity contribution < 1.29 is 9.21 Å². The summed E-state index contributed by atoms with van der Waals surface area (Å²) in [5, 5.41) is 7.86.